The summed E-state index contributed by atoms with van der Waals surface area (Å²) in [6.45, 7) is 0. The maximum Gasteiger partial charge on any atom is 0.309 e. The van der Waals surface area contributed by atoms with E-state index in [9.17, 15) is 4.79 Å². The first kappa shape index (κ1) is 6.20. The average Bonchev–Trinajstić information content (AvgIpc) is 2.61. The van der Waals surface area contributed by atoms with Gasteiger partial charge in [-0.25, -0.2) is 0 Å². The molecule has 2 aliphatic carbocycles. The first-order chi connectivity index (χ1) is 4.76. The van der Waals surface area contributed by atoms with Crippen LogP contribution in [0.4, 0.5) is 0 Å². The highest BCUT2D eigenvalue weighted by atomic mass is 16.4. The molecule has 0 aromatic rings. The summed E-state index contributed by atoms with van der Waals surface area (Å²) < 4.78 is 0. The molecule has 2 aliphatic rings. The predicted octanol–water partition coefficient (Wildman–Crippen LogP) is 1.65. The van der Waals surface area contributed by atoms with Crippen molar-refractivity contribution in [2.45, 2.75) is 32.1 Å². The molecule has 0 saturated heterocycles. The van der Waals surface area contributed by atoms with Crippen molar-refractivity contribution >= 4 is 5.97 Å². The Balaban J connectivity index is 2.12. The van der Waals surface area contributed by atoms with Gasteiger partial charge in [0.2, 0.25) is 0 Å². The van der Waals surface area contributed by atoms with E-state index in [1.54, 1.807) is 0 Å². The van der Waals surface area contributed by atoms with Crippen molar-refractivity contribution < 1.29 is 9.90 Å². The fraction of sp³-hybridized carbons (Fsp3) is 0.875. The molecule has 1 N–H and O–H groups in total. The van der Waals surface area contributed by atoms with E-state index < -0.39 is 5.97 Å². The van der Waals surface area contributed by atoms with Crippen LogP contribution in [0.3, 0.4) is 0 Å². The van der Waals surface area contributed by atoms with Crippen LogP contribution in [0.25, 0.3) is 0 Å². The fourth-order valence-electron chi connectivity index (χ4n) is 2.27. The lowest BCUT2D eigenvalue weighted by molar-refractivity contribution is -0.144. The molecule has 0 amide bonds. The lowest BCUT2D eigenvalue weighted by Gasteiger charge is -2.16. The molecule has 0 radical (unpaired) electrons. The first-order valence-corrected chi connectivity index (χ1v) is 3.99. The average molecular weight is 140 g/mol. The number of aliphatic carboxylic acids is 1. The number of hydrogen-bond acceptors (Lipinski definition) is 1. The normalized spacial score (nSPS) is 44.2. The molecule has 0 aromatic carbocycles. The second kappa shape index (κ2) is 1.74. The van der Waals surface area contributed by atoms with Crippen LogP contribution in [0, 0.1) is 11.3 Å². The zero-order valence-electron chi connectivity index (χ0n) is 5.97. The summed E-state index contributed by atoms with van der Waals surface area (Å²) in [4.78, 5) is 10.7. The second-order valence-electron chi connectivity index (χ2n) is 3.61. The standard InChI is InChI=1S/C8H12O2/c9-7(10)8-4-2-1-3-6(8)5-8/h6H,1-5H2,(H,9,10)/t6-,8-/m1/s1. The number of carboxylic acids is 1. The van der Waals surface area contributed by atoms with Crippen molar-refractivity contribution in [3.8, 4) is 0 Å². The van der Waals surface area contributed by atoms with Crippen LogP contribution in [-0.4, -0.2) is 11.1 Å². The zero-order valence-corrected chi connectivity index (χ0v) is 5.97. The Morgan fingerprint density at radius 1 is 1.50 bits per heavy atom. The summed E-state index contributed by atoms with van der Waals surface area (Å²) in [6.07, 6.45) is 5.43. The van der Waals surface area contributed by atoms with Crippen LogP contribution in [0.2, 0.25) is 0 Å². The molecule has 2 saturated carbocycles. The van der Waals surface area contributed by atoms with Gasteiger partial charge in [0.25, 0.3) is 0 Å². The summed E-state index contributed by atoms with van der Waals surface area (Å²) >= 11 is 0. The molecule has 0 aliphatic heterocycles. The number of fused-ring (bicyclic) bond motifs is 1. The highest BCUT2D eigenvalue weighted by molar-refractivity contribution is 5.78. The van der Waals surface area contributed by atoms with E-state index in [1.165, 1.54) is 6.42 Å². The van der Waals surface area contributed by atoms with Gasteiger partial charge in [-0.3, -0.25) is 4.79 Å². The third kappa shape index (κ3) is 0.619. The fourth-order valence-corrected chi connectivity index (χ4v) is 2.27. The molecule has 0 aromatic heterocycles. The van der Waals surface area contributed by atoms with E-state index in [0.717, 1.165) is 25.7 Å². The molecule has 0 spiro atoms. The molecule has 0 heterocycles. The Labute approximate surface area is 60.2 Å². The van der Waals surface area contributed by atoms with Crippen molar-refractivity contribution in [2.75, 3.05) is 0 Å². The van der Waals surface area contributed by atoms with Gasteiger partial charge in [0, 0.05) is 0 Å². The molecule has 2 fully saturated rings. The SMILES string of the molecule is O=C(O)[C@@]12CCCC[C@@H]1C2. The Kier molecular flexibility index (Phi) is 1.08. The molecule has 2 nitrogen and oxygen atoms in total. The predicted molar refractivity (Wildman–Crippen MR) is 36.6 cm³/mol. The van der Waals surface area contributed by atoms with Crippen LogP contribution in [-0.2, 0) is 4.79 Å². The van der Waals surface area contributed by atoms with E-state index >= 15 is 0 Å². The van der Waals surface area contributed by atoms with Gasteiger partial charge in [0.05, 0.1) is 5.41 Å². The molecule has 0 unspecified atom stereocenters. The maximum atomic E-state index is 10.7. The van der Waals surface area contributed by atoms with Crippen molar-refractivity contribution in [3.05, 3.63) is 0 Å². The maximum absolute atomic E-state index is 10.7. The van der Waals surface area contributed by atoms with Crippen molar-refractivity contribution in [1.82, 2.24) is 0 Å². The highest BCUT2D eigenvalue weighted by Gasteiger charge is 2.60. The van der Waals surface area contributed by atoms with Crippen molar-refractivity contribution in [1.29, 1.82) is 0 Å². The molecule has 56 valence electrons. The quantitative estimate of drug-likeness (QED) is 0.601. The van der Waals surface area contributed by atoms with E-state index in [1.807, 2.05) is 0 Å². The Bertz CT molecular complexity index is 176. The lowest BCUT2D eigenvalue weighted by Crippen LogP contribution is -2.20. The van der Waals surface area contributed by atoms with E-state index in [2.05, 4.69) is 0 Å². The Morgan fingerprint density at radius 2 is 2.30 bits per heavy atom. The summed E-state index contributed by atoms with van der Waals surface area (Å²) in [6, 6.07) is 0. The van der Waals surface area contributed by atoms with Gasteiger partial charge in [-0.1, -0.05) is 12.8 Å². The molecule has 2 rings (SSSR count). The van der Waals surface area contributed by atoms with Gasteiger partial charge in [-0.2, -0.15) is 0 Å². The highest BCUT2D eigenvalue weighted by Crippen LogP contribution is 2.61. The third-order valence-electron chi connectivity index (χ3n) is 3.08. The van der Waals surface area contributed by atoms with Gasteiger partial charge in [0.1, 0.15) is 0 Å². The van der Waals surface area contributed by atoms with Gasteiger partial charge >= 0.3 is 5.97 Å². The van der Waals surface area contributed by atoms with Crippen LogP contribution in [0.15, 0.2) is 0 Å². The van der Waals surface area contributed by atoms with Gasteiger partial charge in [0.15, 0.2) is 0 Å². The molecule has 2 heteroatoms. The Hall–Kier alpha value is -0.530. The Morgan fingerprint density at radius 3 is 2.80 bits per heavy atom. The van der Waals surface area contributed by atoms with Crippen LogP contribution in [0.1, 0.15) is 32.1 Å². The minimum absolute atomic E-state index is 0.238. The van der Waals surface area contributed by atoms with Crippen molar-refractivity contribution in [2.24, 2.45) is 11.3 Å². The minimum atomic E-state index is -0.544. The monoisotopic (exact) mass is 140 g/mol. The van der Waals surface area contributed by atoms with Crippen LogP contribution in [0.5, 0.6) is 0 Å². The summed E-state index contributed by atoms with van der Waals surface area (Å²) in [5.74, 6) is -0.00375. The summed E-state index contributed by atoms with van der Waals surface area (Å²) in [5, 5.41) is 8.84. The smallest absolute Gasteiger partial charge is 0.309 e. The topological polar surface area (TPSA) is 37.3 Å². The first-order valence-electron chi connectivity index (χ1n) is 3.99. The van der Waals surface area contributed by atoms with Gasteiger partial charge in [-0.15, -0.1) is 0 Å². The second-order valence-corrected chi connectivity index (χ2v) is 3.61. The molecule has 2 atom stereocenters. The van der Waals surface area contributed by atoms with E-state index in [0.29, 0.717) is 5.92 Å². The molecular weight excluding hydrogens is 128 g/mol. The molecular formula is C8H12O2. The van der Waals surface area contributed by atoms with E-state index in [4.69, 9.17) is 5.11 Å². The summed E-state index contributed by atoms with van der Waals surface area (Å²) in [7, 11) is 0. The number of carboxylic acid groups (broad SMARTS) is 1. The number of hydrogen-bond donors (Lipinski definition) is 1. The molecule has 10 heavy (non-hydrogen) atoms. The molecule has 0 bridgehead atoms. The van der Waals surface area contributed by atoms with Crippen LogP contribution >= 0.6 is 0 Å². The van der Waals surface area contributed by atoms with Gasteiger partial charge < -0.3 is 5.11 Å². The van der Waals surface area contributed by atoms with Gasteiger partial charge in [-0.05, 0) is 25.2 Å². The van der Waals surface area contributed by atoms with Crippen molar-refractivity contribution in [3.63, 3.8) is 0 Å². The lowest BCUT2D eigenvalue weighted by atomic mass is 9.89. The van der Waals surface area contributed by atoms with E-state index in [-0.39, 0.29) is 5.41 Å². The largest absolute Gasteiger partial charge is 0.481 e. The number of rotatable bonds is 1. The summed E-state index contributed by atoms with van der Waals surface area (Å²) in [5.41, 5.74) is -0.238. The minimum Gasteiger partial charge on any atom is -0.481 e. The zero-order chi connectivity index (χ0) is 7.19. The third-order valence-corrected chi connectivity index (χ3v) is 3.08. The van der Waals surface area contributed by atoms with Crippen LogP contribution < -0.4 is 0 Å². The number of carbonyl (C=O) groups is 1.